The summed E-state index contributed by atoms with van der Waals surface area (Å²) in [6.45, 7) is 9.68. The maximum absolute atomic E-state index is 5.73. The summed E-state index contributed by atoms with van der Waals surface area (Å²) >= 11 is 0. The molecule has 2 heterocycles. The summed E-state index contributed by atoms with van der Waals surface area (Å²) in [5.41, 5.74) is 0.0612. The lowest BCUT2D eigenvalue weighted by Crippen LogP contribution is -2.46. The molecule has 0 amide bonds. The minimum absolute atomic E-state index is 0.0612. The number of piperidine rings is 1. The minimum Gasteiger partial charge on any atom is -0.466 e. The normalized spacial score (nSPS) is 21.7. The van der Waals surface area contributed by atoms with Crippen molar-refractivity contribution >= 4 is 0 Å². The van der Waals surface area contributed by atoms with E-state index in [0.29, 0.717) is 6.04 Å². The lowest BCUT2D eigenvalue weighted by Gasteiger charge is -2.29. The Bertz CT molecular complexity index is 351. The van der Waals surface area contributed by atoms with Crippen molar-refractivity contribution in [3.8, 4) is 0 Å². The zero-order valence-electron chi connectivity index (χ0n) is 11.2. The van der Waals surface area contributed by atoms with Gasteiger partial charge in [0.05, 0.1) is 0 Å². The fourth-order valence-corrected chi connectivity index (χ4v) is 2.31. The van der Waals surface area contributed by atoms with Gasteiger partial charge in [-0.25, -0.2) is 0 Å². The van der Waals surface area contributed by atoms with Gasteiger partial charge in [-0.1, -0.05) is 13.8 Å². The van der Waals surface area contributed by atoms with Crippen molar-refractivity contribution in [1.82, 2.24) is 10.6 Å². The Labute approximate surface area is 104 Å². The average molecular weight is 236 g/mol. The van der Waals surface area contributed by atoms with Crippen LogP contribution in [0.3, 0.4) is 0 Å². The van der Waals surface area contributed by atoms with Crippen LogP contribution >= 0.6 is 0 Å². The third-order valence-corrected chi connectivity index (χ3v) is 3.54. The van der Waals surface area contributed by atoms with E-state index in [4.69, 9.17) is 4.42 Å². The summed E-state index contributed by atoms with van der Waals surface area (Å²) < 4.78 is 5.73. The molecule has 0 spiro atoms. The zero-order valence-corrected chi connectivity index (χ0v) is 11.2. The number of furan rings is 1. The third kappa shape index (κ3) is 3.33. The van der Waals surface area contributed by atoms with Crippen LogP contribution in [-0.2, 0) is 5.41 Å². The van der Waals surface area contributed by atoms with Crippen molar-refractivity contribution in [3.63, 3.8) is 0 Å². The number of hydrogen-bond donors (Lipinski definition) is 2. The van der Waals surface area contributed by atoms with Crippen LogP contribution in [0.2, 0.25) is 0 Å². The molecule has 3 heteroatoms. The molecular formula is C14H24N2O. The fourth-order valence-electron chi connectivity index (χ4n) is 2.31. The van der Waals surface area contributed by atoms with Crippen molar-refractivity contribution < 1.29 is 4.42 Å². The molecule has 0 bridgehead atoms. The maximum Gasteiger partial charge on any atom is 0.111 e. The van der Waals surface area contributed by atoms with Crippen molar-refractivity contribution in [2.75, 3.05) is 19.6 Å². The van der Waals surface area contributed by atoms with Gasteiger partial charge in [-0.2, -0.15) is 0 Å². The van der Waals surface area contributed by atoms with E-state index in [2.05, 4.69) is 30.5 Å². The Hall–Kier alpha value is -0.800. The molecule has 1 aromatic rings. The quantitative estimate of drug-likeness (QED) is 0.841. The molecule has 3 nitrogen and oxygen atoms in total. The Kier molecular flexibility index (Phi) is 3.89. The second-order valence-corrected chi connectivity index (χ2v) is 5.72. The van der Waals surface area contributed by atoms with Gasteiger partial charge in [0.2, 0.25) is 0 Å². The lowest BCUT2D eigenvalue weighted by atomic mass is 9.89. The van der Waals surface area contributed by atoms with Gasteiger partial charge in [0.1, 0.15) is 11.5 Å². The first-order chi connectivity index (χ1) is 8.08. The molecule has 2 rings (SSSR count). The van der Waals surface area contributed by atoms with E-state index in [-0.39, 0.29) is 5.41 Å². The van der Waals surface area contributed by atoms with Gasteiger partial charge >= 0.3 is 0 Å². The summed E-state index contributed by atoms with van der Waals surface area (Å²) in [6.07, 6.45) is 2.55. The molecular weight excluding hydrogens is 212 g/mol. The van der Waals surface area contributed by atoms with Crippen molar-refractivity contribution in [2.24, 2.45) is 0 Å². The van der Waals surface area contributed by atoms with E-state index in [1.807, 2.05) is 13.0 Å². The summed E-state index contributed by atoms with van der Waals surface area (Å²) in [7, 11) is 0. The molecule has 0 saturated carbocycles. The summed E-state index contributed by atoms with van der Waals surface area (Å²) in [5.74, 6) is 2.07. The Morgan fingerprint density at radius 2 is 2.29 bits per heavy atom. The zero-order chi connectivity index (χ0) is 12.3. The number of rotatable bonds is 4. The highest BCUT2D eigenvalue weighted by Crippen LogP contribution is 2.24. The Morgan fingerprint density at radius 1 is 1.47 bits per heavy atom. The van der Waals surface area contributed by atoms with Crippen LogP contribution in [0.1, 0.15) is 38.2 Å². The van der Waals surface area contributed by atoms with E-state index < -0.39 is 0 Å². The summed E-state index contributed by atoms with van der Waals surface area (Å²) in [5, 5.41) is 7.08. The van der Waals surface area contributed by atoms with Gasteiger partial charge in [0.15, 0.2) is 0 Å². The van der Waals surface area contributed by atoms with Gasteiger partial charge < -0.3 is 15.1 Å². The SMILES string of the molecule is Cc1ccc(C(C)(C)CNC2CCCNC2)o1. The van der Waals surface area contributed by atoms with Gasteiger partial charge in [-0.15, -0.1) is 0 Å². The largest absolute Gasteiger partial charge is 0.466 e. The average Bonchev–Trinajstić information content (AvgIpc) is 2.76. The molecule has 0 radical (unpaired) electrons. The first-order valence-electron chi connectivity index (χ1n) is 6.59. The first kappa shape index (κ1) is 12.7. The van der Waals surface area contributed by atoms with Crippen LogP contribution in [0.5, 0.6) is 0 Å². The predicted molar refractivity (Wildman–Crippen MR) is 70.4 cm³/mol. The first-order valence-corrected chi connectivity index (χ1v) is 6.59. The van der Waals surface area contributed by atoms with E-state index in [0.717, 1.165) is 24.6 Å². The molecule has 1 fully saturated rings. The molecule has 96 valence electrons. The monoisotopic (exact) mass is 236 g/mol. The van der Waals surface area contributed by atoms with Crippen molar-refractivity contribution in [2.45, 2.75) is 45.1 Å². The highest BCUT2D eigenvalue weighted by atomic mass is 16.3. The molecule has 1 aromatic heterocycles. The van der Waals surface area contributed by atoms with Gasteiger partial charge in [-0.05, 0) is 38.4 Å². The van der Waals surface area contributed by atoms with Gasteiger partial charge in [0.25, 0.3) is 0 Å². The fraction of sp³-hybridized carbons (Fsp3) is 0.714. The van der Waals surface area contributed by atoms with Crippen molar-refractivity contribution in [3.05, 3.63) is 23.7 Å². The number of hydrogen-bond acceptors (Lipinski definition) is 3. The summed E-state index contributed by atoms with van der Waals surface area (Å²) in [4.78, 5) is 0. The highest BCUT2D eigenvalue weighted by Gasteiger charge is 2.25. The predicted octanol–water partition coefficient (Wildman–Crippen LogP) is 2.21. The Morgan fingerprint density at radius 3 is 2.88 bits per heavy atom. The standard InChI is InChI=1S/C14H24N2O/c1-11-6-7-13(17-11)14(2,3)10-16-12-5-4-8-15-9-12/h6-7,12,15-16H,4-5,8-10H2,1-3H3. The number of nitrogens with one attached hydrogen (secondary N) is 2. The van der Waals surface area contributed by atoms with Crippen LogP contribution in [0.15, 0.2) is 16.5 Å². The Balaban J connectivity index is 1.88. The number of aryl methyl sites for hydroxylation is 1. The molecule has 17 heavy (non-hydrogen) atoms. The second-order valence-electron chi connectivity index (χ2n) is 5.72. The van der Waals surface area contributed by atoms with E-state index in [1.165, 1.54) is 19.4 Å². The second kappa shape index (κ2) is 5.23. The van der Waals surface area contributed by atoms with Gasteiger partial charge in [-0.3, -0.25) is 0 Å². The minimum atomic E-state index is 0.0612. The van der Waals surface area contributed by atoms with E-state index in [9.17, 15) is 0 Å². The highest BCUT2D eigenvalue weighted by molar-refractivity contribution is 5.15. The smallest absolute Gasteiger partial charge is 0.111 e. The third-order valence-electron chi connectivity index (χ3n) is 3.54. The molecule has 1 aliphatic heterocycles. The van der Waals surface area contributed by atoms with Crippen LogP contribution < -0.4 is 10.6 Å². The lowest BCUT2D eigenvalue weighted by molar-refractivity contribution is 0.317. The van der Waals surface area contributed by atoms with Crippen molar-refractivity contribution in [1.29, 1.82) is 0 Å². The van der Waals surface area contributed by atoms with E-state index >= 15 is 0 Å². The van der Waals surface area contributed by atoms with Crippen LogP contribution in [0.4, 0.5) is 0 Å². The topological polar surface area (TPSA) is 37.2 Å². The van der Waals surface area contributed by atoms with Gasteiger partial charge in [0, 0.05) is 24.5 Å². The molecule has 1 atom stereocenters. The molecule has 0 aliphatic carbocycles. The van der Waals surface area contributed by atoms with Crippen LogP contribution in [-0.4, -0.2) is 25.7 Å². The maximum atomic E-state index is 5.73. The molecule has 1 saturated heterocycles. The summed E-state index contributed by atoms with van der Waals surface area (Å²) in [6, 6.07) is 4.74. The van der Waals surface area contributed by atoms with Crippen LogP contribution in [0.25, 0.3) is 0 Å². The molecule has 1 aliphatic rings. The molecule has 2 N–H and O–H groups in total. The molecule has 0 aromatic carbocycles. The molecule has 1 unspecified atom stereocenters. The van der Waals surface area contributed by atoms with E-state index in [1.54, 1.807) is 0 Å². The van der Waals surface area contributed by atoms with Crippen LogP contribution in [0, 0.1) is 6.92 Å².